The molecular weight excluding hydrogens is 368 g/mol. The molecule has 3 rings (SSSR count). The van der Waals surface area contributed by atoms with E-state index in [4.69, 9.17) is 16.3 Å². The van der Waals surface area contributed by atoms with Crippen LogP contribution in [0.3, 0.4) is 0 Å². The number of halogens is 1. The zero-order valence-corrected chi connectivity index (χ0v) is 16.3. The van der Waals surface area contributed by atoms with Crippen LogP contribution in [-0.4, -0.2) is 46.6 Å². The predicted molar refractivity (Wildman–Crippen MR) is 101 cm³/mol. The molecule has 2 N–H and O–H groups in total. The van der Waals surface area contributed by atoms with Crippen molar-refractivity contribution in [1.82, 2.24) is 20.2 Å². The minimum atomic E-state index is -0.719. The van der Waals surface area contributed by atoms with E-state index in [0.717, 1.165) is 17.0 Å². The van der Waals surface area contributed by atoms with Crippen molar-refractivity contribution in [2.45, 2.75) is 32.4 Å². The van der Waals surface area contributed by atoms with E-state index in [1.807, 2.05) is 32.0 Å². The van der Waals surface area contributed by atoms with Crippen molar-refractivity contribution >= 4 is 23.6 Å². The highest BCUT2D eigenvalue weighted by Gasteiger charge is 2.36. The maximum atomic E-state index is 13.1. The van der Waals surface area contributed by atoms with Crippen molar-refractivity contribution in [2.75, 3.05) is 13.7 Å². The van der Waals surface area contributed by atoms with Gasteiger partial charge in [0.05, 0.1) is 19.1 Å². The number of hydrogen-bond acceptors (Lipinski definition) is 4. The molecule has 0 saturated carbocycles. The van der Waals surface area contributed by atoms with Gasteiger partial charge in [-0.2, -0.15) is 0 Å². The van der Waals surface area contributed by atoms with Crippen LogP contribution in [0, 0.1) is 5.92 Å². The van der Waals surface area contributed by atoms with Crippen LogP contribution in [-0.2, 0) is 16.0 Å². The summed E-state index contributed by atoms with van der Waals surface area (Å²) in [6.45, 7) is 4.21. The number of nitrogens with one attached hydrogen (secondary N) is 2. The normalized spacial score (nSPS) is 17.4. The van der Waals surface area contributed by atoms with Gasteiger partial charge in [-0.25, -0.2) is 14.6 Å². The first-order valence-electron chi connectivity index (χ1n) is 8.85. The number of amides is 2. The molecule has 1 aliphatic rings. The number of aromatic amines is 1. The van der Waals surface area contributed by atoms with Gasteiger partial charge in [0.15, 0.2) is 0 Å². The van der Waals surface area contributed by atoms with Crippen LogP contribution in [0.25, 0.3) is 0 Å². The average molecular weight is 391 g/mol. The van der Waals surface area contributed by atoms with Crippen molar-refractivity contribution < 1.29 is 14.3 Å². The lowest BCUT2D eigenvalue weighted by Gasteiger charge is -2.36. The van der Waals surface area contributed by atoms with Gasteiger partial charge in [0.1, 0.15) is 12.1 Å². The summed E-state index contributed by atoms with van der Waals surface area (Å²) in [5.74, 6) is -0.563. The van der Waals surface area contributed by atoms with Crippen LogP contribution in [0.2, 0.25) is 5.02 Å². The van der Waals surface area contributed by atoms with Crippen molar-refractivity contribution in [1.29, 1.82) is 0 Å². The summed E-state index contributed by atoms with van der Waals surface area (Å²) in [5.41, 5.74) is 2.65. The van der Waals surface area contributed by atoms with Crippen molar-refractivity contribution in [3.05, 3.63) is 52.6 Å². The number of hydrogen-bond donors (Lipinski definition) is 2. The molecule has 1 aromatic carbocycles. The number of rotatable bonds is 4. The average Bonchev–Trinajstić information content (AvgIpc) is 3.12. The Kier molecular flexibility index (Phi) is 5.70. The molecule has 1 aromatic heterocycles. The van der Waals surface area contributed by atoms with Crippen LogP contribution < -0.4 is 5.32 Å². The van der Waals surface area contributed by atoms with Gasteiger partial charge in [0.25, 0.3) is 0 Å². The largest absolute Gasteiger partial charge is 0.467 e. The van der Waals surface area contributed by atoms with Crippen LogP contribution >= 0.6 is 11.6 Å². The number of fused-ring (bicyclic) bond motifs is 1. The number of esters is 1. The maximum absolute atomic E-state index is 13.1. The number of imidazole rings is 1. The van der Waals surface area contributed by atoms with E-state index in [1.165, 1.54) is 7.11 Å². The quantitative estimate of drug-likeness (QED) is 0.786. The lowest BCUT2D eigenvalue weighted by Crippen LogP contribution is -2.53. The molecule has 27 heavy (non-hydrogen) atoms. The summed E-state index contributed by atoms with van der Waals surface area (Å²) < 4.78 is 4.83. The molecule has 0 spiro atoms. The predicted octanol–water partition coefficient (Wildman–Crippen LogP) is 2.92. The maximum Gasteiger partial charge on any atom is 0.328 e. The fourth-order valence-electron chi connectivity index (χ4n) is 3.35. The molecule has 2 heterocycles. The number of carbonyl (C=O) groups excluding carboxylic acids is 2. The number of H-pyrrole nitrogens is 1. The van der Waals surface area contributed by atoms with Gasteiger partial charge in [-0.05, 0) is 23.6 Å². The number of nitrogens with zero attached hydrogens (tertiary/aromatic N) is 2. The zero-order chi connectivity index (χ0) is 19.6. The van der Waals surface area contributed by atoms with Gasteiger partial charge in [-0.15, -0.1) is 0 Å². The number of ether oxygens (including phenoxy) is 1. The minimum Gasteiger partial charge on any atom is -0.467 e. The van der Waals surface area contributed by atoms with Crippen molar-refractivity contribution in [2.24, 2.45) is 5.92 Å². The van der Waals surface area contributed by atoms with Gasteiger partial charge in [0.2, 0.25) is 0 Å². The Labute approximate surface area is 163 Å². The molecule has 1 aliphatic heterocycles. The smallest absolute Gasteiger partial charge is 0.328 e. The Morgan fingerprint density at radius 2 is 2.19 bits per heavy atom. The third kappa shape index (κ3) is 3.93. The van der Waals surface area contributed by atoms with Crippen LogP contribution in [0.1, 0.15) is 36.8 Å². The van der Waals surface area contributed by atoms with E-state index >= 15 is 0 Å². The van der Waals surface area contributed by atoms with E-state index in [2.05, 4.69) is 15.3 Å². The van der Waals surface area contributed by atoms with Crippen molar-refractivity contribution in [3.8, 4) is 0 Å². The van der Waals surface area contributed by atoms with Gasteiger partial charge < -0.3 is 19.9 Å². The highest BCUT2D eigenvalue weighted by atomic mass is 35.5. The highest BCUT2D eigenvalue weighted by Crippen LogP contribution is 2.34. The Hall–Kier alpha value is -2.54. The molecule has 8 heteroatoms. The number of methoxy groups -OCH3 is 1. The summed E-state index contributed by atoms with van der Waals surface area (Å²) >= 11 is 6.17. The lowest BCUT2D eigenvalue weighted by molar-refractivity contribution is -0.144. The lowest BCUT2D eigenvalue weighted by atomic mass is 9.96. The van der Waals surface area contributed by atoms with Gasteiger partial charge in [-0.1, -0.05) is 37.6 Å². The first kappa shape index (κ1) is 19.2. The Morgan fingerprint density at radius 3 is 2.85 bits per heavy atom. The number of urea groups is 1. The van der Waals surface area contributed by atoms with Gasteiger partial charge in [-0.3, -0.25) is 0 Å². The van der Waals surface area contributed by atoms with E-state index in [9.17, 15) is 9.59 Å². The van der Waals surface area contributed by atoms with E-state index in [1.54, 1.807) is 17.3 Å². The molecule has 2 atom stereocenters. The van der Waals surface area contributed by atoms with Crippen LogP contribution in [0.4, 0.5) is 4.79 Å². The van der Waals surface area contributed by atoms with Crippen LogP contribution in [0.15, 0.2) is 30.6 Å². The molecule has 1 unspecified atom stereocenters. The van der Waals surface area contributed by atoms with E-state index in [-0.39, 0.29) is 18.0 Å². The molecule has 7 nitrogen and oxygen atoms in total. The molecule has 0 saturated heterocycles. The van der Waals surface area contributed by atoms with E-state index < -0.39 is 12.0 Å². The summed E-state index contributed by atoms with van der Waals surface area (Å²) in [7, 11) is 1.32. The topological polar surface area (TPSA) is 87.3 Å². The fraction of sp³-hybridized carbons (Fsp3) is 0.421. The minimum absolute atomic E-state index is 0.100. The monoisotopic (exact) mass is 390 g/mol. The molecule has 0 aliphatic carbocycles. The second-order valence-corrected chi connectivity index (χ2v) is 7.30. The molecule has 0 radical (unpaired) electrons. The Balaban J connectivity index is 1.93. The fourth-order valence-corrected chi connectivity index (χ4v) is 3.55. The molecule has 144 valence electrons. The third-order valence-electron chi connectivity index (χ3n) is 4.75. The number of benzene rings is 1. The Morgan fingerprint density at radius 1 is 1.41 bits per heavy atom. The molecule has 2 amide bonds. The first-order chi connectivity index (χ1) is 12.9. The number of aromatic nitrogens is 2. The molecule has 2 aromatic rings. The zero-order valence-electron chi connectivity index (χ0n) is 15.5. The summed E-state index contributed by atoms with van der Waals surface area (Å²) in [4.78, 5) is 34.4. The van der Waals surface area contributed by atoms with Crippen molar-refractivity contribution in [3.63, 3.8) is 0 Å². The highest BCUT2D eigenvalue weighted by molar-refractivity contribution is 6.30. The number of carbonyl (C=O) groups is 2. The van der Waals surface area contributed by atoms with E-state index in [0.29, 0.717) is 18.0 Å². The first-order valence-corrected chi connectivity index (χ1v) is 9.22. The Bertz CT molecular complexity index is 836. The van der Waals surface area contributed by atoms with Gasteiger partial charge in [0, 0.05) is 23.7 Å². The van der Waals surface area contributed by atoms with Gasteiger partial charge >= 0.3 is 12.0 Å². The third-order valence-corrected chi connectivity index (χ3v) is 4.99. The SMILES string of the molecule is COC(=O)[C@@H](NC(=O)N1CCc2[nH]cnc2C1c1cccc(Cl)c1)C(C)C. The standard InChI is InChI=1S/C19H23ClN4O3/c1-11(2)15(18(25)27-3)23-19(26)24-8-7-14-16(22-10-21-14)17(24)12-5-4-6-13(20)9-12/h4-6,9-11,15,17H,7-8H2,1-3H3,(H,21,22)(H,23,26)/t15-,17?/m0/s1. The second-order valence-electron chi connectivity index (χ2n) is 6.86. The second kappa shape index (κ2) is 8.00. The molecular formula is C19H23ClN4O3. The van der Waals surface area contributed by atoms with Crippen LogP contribution in [0.5, 0.6) is 0 Å². The summed E-state index contributed by atoms with van der Waals surface area (Å²) in [6, 6.07) is 5.94. The summed E-state index contributed by atoms with van der Waals surface area (Å²) in [6.07, 6.45) is 2.29. The molecule has 0 bridgehead atoms. The summed E-state index contributed by atoms with van der Waals surface area (Å²) in [5, 5.41) is 3.40. The molecule has 0 fully saturated rings.